The molecule has 1 saturated heterocycles. The standard InChI is InChI=1S/C12H26N2/c1-5-8-14(11(4)10(2)3)12-6-7-13-9-12/h10-13H,5-9H2,1-4H3. The molecule has 0 bridgehead atoms. The van der Waals surface area contributed by atoms with Gasteiger partial charge in [0, 0.05) is 18.6 Å². The first-order chi connectivity index (χ1) is 6.66. The van der Waals surface area contributed by atoms with Gasteiger partial charge in [0.15, 0.2) is 0 Å². The first-order valence-electron chi connectivity index (χ1n) is 6.13. The highest BCUT2D eigenvalue weighted by Crippen LogP contribution is 2.17. The molecule has 1 fully saturated rings. The summed E-state index contributed by atoms with van der Waals surface area (Å²) in [5.41, 5.74) is 0. The lowest BCUT2D eigenvalue weighted by Gasteiger charge is -2.36. The molecule has 1 aliphatic heterocycles. The predicted octanol–water partition coefficient (Wildman–Crippen LogP) is 2.10. The molecule has 2 atom stereocenters. The quantitative estimate of drug-likeness (QED) is 0.728. The average Bonchev–Trinajstić information content (AvgIpc) is 2.65. The molecule has 1 aliphatic rings. The van der Waals surface area contributed by atoms with Gasteiger partial charge in [-0.3, -0.25) is 4.90 Å². The van der Waals surface area contributed by atoms with E-state index >= 15 is 0 Å². The molecule has 84 valence electrons. The van der Waals surface area contributed by atoms with Gasteiger partial charge < -0.3 is 5.32 Å². The maximum Gasteiger partial charge on any atom is 0.0235 e. The van der Waals surface area contributed by atoms with Crippen molar-refractivity contribution in [2.24, 2.45) is 5.92 Å². The van der Waals surface area contributed by atoms with Gasteiger partial charge in [0.05, 0.1) is 0 Å². The van der Waals surface area contributed by atoms with E-state index in [1.807, 2.05) is 0 Å². The molecule has 0 radical (unpaired) electrons. The van der Waals surface area contributed by atoms with E-state index in [0.29, 0.717) is 0 Å². The first-order valence-corrected chi connectivity index (χ1v) is 6.13. The summed E-state index contributed by atoms with van der Waals surface area (Å²) in [7, 11) is 0. The van der Waals surface area contributed by atoms with Crippen molar-refractivity contribution >= 4 is 0 Å². The van der Waals surface area contributed by atoms with E-state index in [2.05, 4.69) is 37.9 Å². The number of nitrogens with zero attached hydrogens (tertiary/aromatic N) is 1. The molecule has 0 saturated carbocycles. The second kappa shape index (κ2) is 5.72. The molecule has 0 spiro atoms. The van der Waals surface area contributed by atoms with Crippen LogP contribution in [0.3, 0.4) is 0 Å². The van der Waals surface area contributed by atoms with Crippen LogP contribution < -0.4 is 5.32 Å². The van der Waals surface area contributed by atoms with E-state index in [1.165, 1.54) is 32.5 Å². The van der Waals surface area contributed by atoms with E-state index in [1.54, 1.807) is 0 Å². The number of nitrogens with one attached hydrogen (secondary N) is 1. The Morgan fingerprint density at radius 3 is 2.50 bits per heavy atom. The van der Waals surface area contributed by atoms with Crippen molar-refractivity contribution in [1.82, 2.24) is 10.2 Å². The van der Waals surface area contributed by atoms with Crippen LogP contribution in [0.5, 0.6) is 0 Å². The molecule has 0 aromatic rings. The molecule has 0 aliphatic carbocycles. The largest absolute Gasteiger partial charge is 0.315 e. The summed E-state index contributed by atoms with van der Waals surface area (Å²) < 4.78 is 0. The molecular formula is C12H26N2. The zero-order valence-electron chi connectivity index (χ0n) is 10.2. The minimum absolute atomic E-state index is 0.722. The monoisotopic (exact) mass is 198 g/mol. The highest BCUT2D eigenvalue weighted by molar-refractivity contribution is 4.84. The average molecular weight is 198 g/mol. The molecule has 1 heterocycles. The van der Waals surface area contributed by atoms with Gasteiger partial charge in [0.2, 0.25) is 0 Å². The lowest BCUT2D eigenvalue weighted by molar-refractivity contribution is 0.121. The Hall–Kier alpha value is -0.0800. The van der Waals surface area contributed by atoms with Gasteiger partial charge in [-0.15, -0.1) is 0 Å². The van der Waals surface area contributed by atoms with Crippen LogP contribution in [0.4, 0.5) is 0 Å². The van der Waals surface area contributed by atoms with Crippen LogP contribution in [-0.2, 0) is 0 Å². The van der Waals surface area contributed by atoms with E-state index in [4.69, 9.17) is 0 Å². The van der Waals surface area contributed by atoms with E-state index in [-0.39, 0.29) is 0 Å². The minimum atomic E-state index is 0.722. The minimum Gasteiger partial charge on any atom is -0.315 e. The van der Waals surface area contributed by atoms with Crippen LogP contribution >= 0.6 is 0 Å². The van der Waals surface area contributed by atoms with Crippen molar-refractivity contribution in [2.75, 3.05) is 19.6 Å². The number of hydrogen-bond acceptors (Lipinski definition) is 2. The summed E-state index contributed by atoms with van der Waals surface area (Å²) >= 11 is 0. The Morgan fingerprint density at radius 2 is 2.07 bits per heavy atom. The van der Waals surface area contributed by atoms with E-state index in [0.717, 1.165) is 18.0 Å². The second-order valence-electron chi connectivity index (χ2n) is 4.87. The van der Waals surface area contributed by atoms with Crippen LogP contribution in [0.25, 0.3) is 0 Å². The van der Waals surface area contributed by atoms with Gasteiger partial charge in [0.1, 0.15) is 0 Å². The van der Waals surface area contributed by atoms with Gasteiger partial charge in [-0.1, -0.05) is 20.8 Å². The van der Waals surface area contributed by atoms with Crippen LogP contribution in [-0.4, -0.2) is 36.6 Å². The number of hydrogen-bond donors (Lipinski definition) is 1. The highest BCUT2D eigenvalue weighted by Gasteiger charge is 2.26. The van der Waals surface area contributed by atoms with Gasteiger partial charge in [-0.2, -0.15) is 0 Å². The van der Waals surface area contributed by atoms with Crippen LogP contribution in [0, 0.1) is 5.92 Å². The Kier molecular flexibility index (Phi) is 4.90. The van der Waals surface area contributed by atoms with Crippen molar-refractivity contribution < 1.29 is 0 Å². The maximum absolute atomic E-state index is 3.46. The fourth-order valence-electron chi connectivity index (χ4n) is 2.28. The normalized spacial score (nSPS) is 24.9. The summed E-state index contributed by atoms with van der Waals surface area (Å²) in [6, 6.07) is 1.51. The fraction of sp³-hybridized carbons (Fsp3) is 1.00. The van der Waals surface area contributed by atoms with Gasteiger partial charge in [-0.05, 0) is 38.8 Å². The third-order valence-electron chi connectivity index (χ3n) is 3.47. The van der Waals surface area contributed by atoms with Gasteiger partial charge >= 0.3 is 0 Å². The van der Waals surface area contributed by atoms with Crippen molar-refractivity contribution in [3.05, 3.63) is 0 Å². The smallest absolute Gasteiger partial charge is 0.0235 e. The molecule has 1 rings (SSSR count). The highest BCUT2D eigenvalue weighted by atomic mass is 15.2. The fourth-order valence-corrected chi connectivity index (χ4v) is 2.28. The first kappa shape index (κ1) is 12.0. The topological polar surface area (TPSA) is 15.3 Å². The Labute approximate surface area is 89.1 Å². The molecule has 1 N–H and O–H groups in total. The van der Waals surface area contributed by atoms with Gasteiger partial charge in [-0.25, -0.2) is 0 Å². The Bertz CT molecular complexity index is 148. The molecule has 0 aromatic carbocycles. The molecule has 0 aromatic heterocycles. The third-order valence-corrected chi connectivity index (χ3v) is 3.47. The summed E-state index contributed by atoms with van der Waals surface area (Å²) in [4.78, 5) is 2.70. The van der Waals surface area contributed by atoms with E-state index in [9.17, 15) is 0 Å². The molecule has 0 amide bonds. The van der Waals surface area contributed by atoms with Crippen molar-refractivity contribution in [3.8, 4) is 0 Å². The summed E-state index contributed by atoms with van der Waals surface area (Å²) in [5, 5.41) is 3.46. The third kappa shape index (κ3) is 2.96. The van der Waals surface area contributed by atoms with Crippen LogP contribution in [0.2, 0.25) is 0 Å². The van der Waals surface area contributed by atoms with Crippen molar-refractivity contribution in [3.63, 3.8) is 0 Å². The summed E-state index contributed by atoms with van der Waals surface area (Å²) in [6.07, 6.45) is 2.60. The van der Waals surface area contributed by atoms with Crippen molar-refractivity contribution in [1.29, 1.82) is 0 Å². The lowest BCUT2D eigenvalue weighted by atomic mass is 10.0. The van der Waals surface area contributed by atoms with Crippen LogP contribution in [0.15, 0.2) is 0 Å². The molecule has 2 nitrogen and oxygen atoms in total. The Balaban J connectivity index is 2.52. The lowest BCUT2D eigenvalue weighted by Crippen LogP contribution is -2.45. The zero-order chi connectivity index (χ0) is 10.6. The molecule has 2 unspecified atom stereocenters. The summed E-state index contributed by atoms with van der Waals surface area (Å²) in [5.74, 6) is 0.766. The second-order valence-corrected chi connectivity index (χ2v) is 4.87. The summed E-state index contributed by atoms with van der Waals surface area (Å²) in [6.45, 7) is 13.0. The molecular weight excluding hydrogens is 172 g/mol. The Morgan fingerprint density at radius 1 is 1.36 bits per heavy atom. The van der Waals surface area contributed by atoms with Crippen molar-refractivity contribution in [2.45, 2.75) is 52.6 Å². The SMILES string of the molecule is CCCN(C1CCNC1)C(C)C(C)C. The maximum atomic E-state index is 3.46. The zero-order valence-corrected chi connectivity index (χ0v) is 10.2. The number of rotatable bonds is 5. The van der Waals surface area contributed by atoms with Gasteiger partial charge in [0.25, 0.3) is 0 Å². The van der Waals surface area contributed by atoms with Crippen LogP contribution in [0.1, 0.15) is 40.5 Å². The van der Waals surface area contributed by atoms with E-state index < -0.39 is 0 Å². The predicted molar refractivity (Wildman–Crippen MR) is 62.6 cm³/mol. The molecule has 2 heteroatoms. The molecule has 14 heavy (non-hydrogen) atoms.